The summed E-state index contributed by atoms with van der Waals surface area (Å²) in [6.07, 6.45) is 0. The van der Waals surface area contributed by atoms with Gasteiger partial charge in [0.15, 0.2) is 0 Å². The highest BCUT2D eigenvalue weighted by Crippen LogP contribution is 2.45. The summed E-state index contributed by atoms with van der Waals surface area (Å²) in [5.41, 5.74) is 5.57. The molecule has 0 saturated carbocycles. The maximum Gasteiger partial charge on any atom is 0.279 e. The number of anilines is 2. The minimum Gasteiger partial charge on any atom is -0.524 e. The summed E-state index contributed by atoms with van der Waals surface area (Å²) >= 11 is 0. The van der Waals surface area contributed by atoms with Crippen molar-refractivity contribution in [1.29, 1.82) is 0 Å². The second-order valence-corrected chi connectivity index (χ2v) is 6.97. The van der Waals surface area contributed by atoms with Crippen molar-refractivity contribution in [3.8, 4) is 5.75 Å². The number of fused-ring (bicyclic) bond motifs is 2. The van der Waals surface area contributed by atoms with Crippen LogP contribution in [0.25, 0.3) is 5.57 Å². The molecule has 130 valence electrons. The molecule has 3 aromatic rings. The molecule has 4 heteroatoms. The van der Waals surface area contributed by atoms with E-state index in [9.17, 15) is 0 Å². The van der Waals surface area contributed by atoms with Gasteiger partial charge < -0.3 is 14.1 Å². The van der Waals surface area contributed by atoms with E-state index in [1.165, 1.54) is 0 Å². The zero-order valence-electron chi connectivity index (χ0n) is 15.0. The van der Waals surface area contributed by atoms with Crippen molar-refractivity contribution in [2.24, 2.45) is 0 Å². The van der Waals surface area contributed by atoms with Gasteiger partial charge in [0.2, 0.25) is 9.76 Å². The van der Waals surface area contributed by atoms with E-state index in [1.54, 1.807) is 0 Å². The molecule has 0 radical (unpaired) electrons. The summed E-state index contributed by atoms with van der Waals surface area (Å²) in [6.45, 7) is 2.11. The van der Waals surface area contributed by atoms with Crippen LogP contribution >= 0.6 is 0 Å². The Kier molecular flexibility index (Phi) is 4.50. The molecular formula is C22H21NO2Si. The molecule has 1 aliphatic rings. The molecule has 0 aliphatic carbocycles. The van der Waals surface area contributed by atoms with E-state index in [2.05, 4.69) is 67.0 Å². The predicted molar refractivity (Wildman–Crippen MR) is 110 cm³/mol. The van der Waals surface area contributed by atoms with E-state index in [0.717, 1.165) is 33.8 Å². The molecular weight excluding hydrogens is 338 g/mol. The van der Waals surface area contributed by atoms with Crippen LogP contribution in [-0.4, -0.2) is 16.8 Å². The first kappa shape index (κ1) is 16.5. The Bertz CT molecular complexity index is 904. The lowest BCUT2D eigenvalue weighted by Crippen LogP contribution is -2.20. The van der Waals surface area contributed by atoms with Crippen LogP contribution in [0.2, 0.25) is 6.55 Å². The summed E-state index contributed by atoms with van der Waals surface area (Å²) in [5.74, 6) is 1.38. The Labute approximate surface area is 156 Å². The number of benzene rings is 3. The first-order valence-electron chi connectivity index (χ1n) is 8.82. The largest absolute Gasteiger partial charge is 0.524 e. The molecule has 0 amide bonds. The lowest BCUT2D eigenvalue weighted by atomic mass is 9.91. The maximum atomic E-state index is 6.22. The summed E-state index contributed by atoms with van der Waals surface area (Å²) < 4.78 is 12.3. The van der Waals surface area contributed by atoms with Crippen molar-refractivity contribution in [1.82, 2.24) is 0 Å². The third-order valence-corrected chi connectivity index (χ3v) is 5.05. The average Bonchev–Trinajstić information content (AvgIpc) is 2.69. The lowest BCUT2D eigenvalue weighted by Gasteiger charge is -2.32. The molecule has 4 rings (SSSR count). The first-order valence-corrected chi connectivity index (χ1v) is 10.8. The lowest BCUT2D eigenvalue weighted by molar-refractivity contribution is 0.238. The average molecular weight is 360 g/mol. The van der Waals surface area contributed by atoms with Crippen molar-refractivity contribution < 1.29 is 9.16 Å². The molecule has 0 N–H and O–H groups in total. The van der Waals surface area contributed by atoms with Crippen LogP contribution in [0, 0.1) is 0 Å². The van der Waals surface area contributed by atoms with E-state index in [4.69, 9.17) is 9.16 Å². The van der Waals surface area contributed by atoms with Gasteiger partial charge in [-0.1, -0.05) is 54.6 Å². The van der Waals surface area contributed by atoms with Crippen LogP contribution in [0.4, 0.5) is 11.4 Å². The van der Waals surface area contributed by atoms with Crippen molar-refractivity contribution in [3.05, 3.63) is 95.9 Å². The standard InChI is InChI=1S/C22H21NO2Si/c1-23-19-14-8-6-12-17(19)21(18-13-7-9-15-20(18)23)22(25-26-2)24-16-10-4-3-5-11-16/h3-15H,26H2,1-2H3. The summed E-state index contributed by atoms with van der Waals surface area (Å²) in [5, 5.41) is 0. The third-order valence-electron chi connectivity index (χ3n) is 4.50. The summed E-state index contributed by atoms with van der Waals surface area (Å²) in [7, 11) is 1.39. The predicted octanol–water partition coefficient (Wildman–Crippen LogP) is 4.71. The van der Waals surface area contributed by atoms with Crippen LogP contribution in [0.1, 0.15) is 11.1 Å². The Morgan fingerprint density at radius 2 is 1.31 bits per heavy atom. The van der Waals surface area contributed by atoms with Crippen LogP contribution < -0.4 is 9.64 Å². The van der Waals surface area contributed by atoms with E-state index >= 15 is 0 Å². The molecule has 1 aliphatic heterocycles. The second-order valence-electron chi connectivity index (χ2n) is 6.10. The molecule has 0 fully saturated rings. The SMILES string of the molecule is C[SiH2]OC(Oc1ccccc1)=C1c2ccccc2N(C)c2ccccc21. The number of ether oxygens (including phenoxy) is 1. The summed E-state index contributed by atoms with van der Waals surface area (Å²) in [4.78, 5) is 2.22. The molecule has 0 atom stereocenters. The van der Waals surface area contributed by atoms with Crippen molar-refractivity contribution in [3.63, 3.8) is 0 Å². The molecule has 3 aromatic carbocycles. The van der Waals surface area contributed by atoms with Gasteiger partial charge in [0, 0.05) is 29.5 Å². The first-order chi connectivity index (χ1) is 12.8. The second kappa shape index (κ2) is 7.10. The molecule has 0 saturated heterocycles. The quantitative estimate of drug-likeness (QED) is 0.497. The number of hydrogen-bond acceptors (Lipinski definition) is 3. The highest BCUT2D eigenvalue weighted by atomic mass is 28.2. The monoisotopic (exact) mass is 359 g/mol. The molecule has 0 aromatic heterocycles. The van der Waals surface area contributed by atoms with Gasteiger partial charge in [0.1, 0.15) is 5.75 Å². The van der Waals surface area contributed by atoms with Gasteiger partial charge in [0.05, 0.1) is 5.57 Å². The molecule has 26 heavy (non-hydrogen) atoms. The smallest absolute Gasteiger partial charge is 0.279 e. The van der Waals surface area contributed by atoms with Gasteiger partial charge in [-0.15, -0.1) is 0 Å². The summed E-state index contributed by atoms with van der Waals surface area (Å²) in [6, 6.07) is 26.6. The van der Waals surface area contributed by atoms with Gasteiger partial charge >= 0.3 is 0 Å². The van der Waals surface area contributed by atoms with Gasteiger partial charge in [-0.3, -0.25) is 0 Å². The molecule has 0 spiro atoms. The third kappa shape index (κ3) is 2.89. The highest BCUT2D eigenvalue weighted by Gasteiger charge is 2.28. The minimum atomic E-state index is -0.704. The van der Waals surface area contributed by atoms with Gasteiger partial charge in [-0.25, -0.2) is 0 Å². The normalized spacial score (nSPS) is 12.7. The fourth-order valence-electron chi connectivity index (χ4n) is 3.33. The Balaban J connectivity index is 1.95. The number of para-hydroxylation sites is 3. The molecule has 1 heterocycles. The van der Waals surface area contributed by atoms with Gasteiger partial charge in [-0.2, -0.15) is 0 Å². The Hall–Kier alpha value is -2.98. The highest BCUT2D eigenvalue weighted by molar-refractivity contribution is 6.25. The van der Waals surface area contributed by atoms with E-state index in [-0.39, 0.29) is 0 Å². The fraction of sp³-hybridized carbons (Fsp3) is 0.0909. The number of nitrogens with zero attached hydrogens (tertiary/aromatic N) is 1. The van der Waals surface area contributed by atoms with Gasteiger partial charge in [-0.05, 0) is 30.8 Å². The molecule has 0 unspecified atom stereocenters. The Morgan fingerprint density at radius 1 is 0.769 bits per heavy atom. The van der Waals surface area contributed by atoms with E-state index in [0.29, 0.717) is 5.95 Å². The maximum absolute atomic E-state index is 6.22. The van der Waals surface area contributed by atoms with E-state index in [1.807, 2.05) is 30.3 Å². The topological polar surface area (TPSA) is 21.7 Å². The molecule has 3 nitrogen and oxygen atoms in total. The number of hydrogen-bond donors (Lipinski definition) is 0. The van der Waals surface area contributed by atoms with Crippen molar-refractivity contribution in [2.45, 2.75) is 6.55 Å². The fourth-order valence-corrected chi connectivity index (χ4v) is 3.79. The van der Waals surface area contributed by atoms with Crippen LogP contribution in [-0.2, 0) is 4.43 Å². The van der Waals surface area contributed by atoms with Crippen molar-refractivity contribution in [2.75, 3.05) is 11.9 Å². The molecule has 0 bridgehead atoms. The van der Waals surface area contributed by atoms with Crippen LogP contribution in [0.15, 0.2) is 84.8 Å². The van der Waals surface area contributed by atoms with E-state index < -0.39 is 9.76 Å². The van der Waals surface area contributed by atoms with Crippen LogP contribution in [0.5, 0.6) is 5.75 Å². The zero-order valence-corrected chi connectivity index (χ0v) is 16.4. The minimum absolute atomic E-state index is 0.596. The van der Waals surface area contributed by atoms with Crippen molar-refractivity contribution >= 4 is 26.7 Å². The van der Waals surface area contributed by atoms with Crippen LogP contribution in [0.3, 0.4) is 0 Å². The van der Waals surface area contributed by atoms with Gasteiger partial charge in [0.25, 0.3) is 5.95 Å². The Morgan fingerprint density at radius 3 is 1.88 bits per heavy atom. The number of rotatable bonds is 4. The zero-order chi connectivity index (χ0) is 17.9.